The van der Waals surface area contributed by atoms with Crippen LogP contribution >= 0.6 is 15.9 Å². The molecule has 8 heteroatoms. The van der Waals surface area contributed by atoms with Gasteiger partial charge in [0.2, 0.25) is 10.0 Å². The molecule has 0 bridgehead atoms. The second kappa shape index (κ2) is 6.26. The van der Waals surface area contributed by atoms with Gasteiger partial charge in [-0.2, -0.15) is 13.2 Å². The average molecular weight is 386 g/mol. The van der Waals surface area contributed by atoms with Crippen molar-refractivity contribution in [3.63, 3.8) is 0 Å². The van der Waals surface area contributed by atoms with E-state index in [9.17, 15) is 21.6 Å². The van der Waals surface area contributed by atoms with Crippen LogP contribution in [0.15, 0.2) is 29.2 Å². The Morgan fingerprint density at radius 1 is 1.29 bits per heavy atom. The quantitative estimate of drug-likeness (QED) is 0.805. The van der Waals surface area contributed by atoms with Crippen LogP contribution < -0.4 is 4.72 Å². The first kappa shape index (κ1) is 16.8. The third kappa shape index (κ3) is 4.20. The molecule has 118 valence electrons. The maximum Gasteiger partial charge on any atom is 0.416 e. The predicted molar refractivity (Wildman–Crippen MR) is 76.7 cm³/mol. The van der Waals surface area contributed by atoms with Crippen LogP contribution in [0.1, 0.15) is 24.8 Å². The third-order valence-corrected chi connectivity index (χ3v) is 6.20. The van der Waals surface area contributed by atoms with Gasteiger partial charge in [-0.05, 0) is 37.0 Å². The Balaban J connectivity index is 2.12. The highest BCUT2D eigenvalue weighted by Crippen LogP contribution is 2.32. The minimum absolute atomic E-state index is 0.172. The van der Waals surface area contributed by atoms with E-state index < -0.39 is 21.8 Å². The lowest BCUT2D eigenvalue weighted by molar-refractivity contribution is -0.137. The van der Waals surface area contributed by atoms with Gasteiger partial charge < -0.3 is 0 Å². The summed E-state index contributed by atoms with van der Waals surface area (Å²) in [5.41, 5.74) is -0.968. The van der Waals surface area contributed by atoms with E-state index in [2.05, 4.69) is 20.7 Å². The van der Waals surface area contributed by atoms with E-state index in [0.717, 1.165) is 37.5 Å². The first-order chi connectivity index (χ1) is 9.70. The van der Waals surface area contributed by atoms with E-state index in [1.807, 2.05) is 0 Å². The van der Waals surface area contributed by atoms with Gasteiger partial charge in [0.15, 0.2) is 0 Å². The number of alkyl halides is 4. The molecule has 3 nitrogen and oxygen atoms in total. The minimum Gasteiger partial charge on any atom is -0.211 e. The summed E-state index contributed by atoms with van der Waals surface area (Å²) in [4.78, 5) is -0.108. The average Bonchev–Trinajstić information content (AvgIpc) is 2.81. The van der Waals surface area contributed by atoms with Gasteiger partial charge in [0.05, 0.1) is 10.5 Å². The first-order valence-electron chi connectivity index (χ1n) is 6.51. The summed E-state index contributed by atoms with van der Waals surface area (Å²) in [7, 11) is -3.92. The summed E-state index contributed by atoms with van der Waals surface area (Å²) >= 11 is 3.48. The zero-order valence-electron chi connectivity index (χ0n) is 11.0. The van der Waals surface area contributed by atoms with Crippen molar-refractivity contribution in [2.45, 2.75) is 35.2 Å². The Labute approximate surface area is 130 Å². The summed E-state index contributed by atoms with van der Waals surface area (Å²) in [5, 5.41) is 0. The van der Waals surface area contributed by atoms with Gasteiger partial charge in [-0.1, -0.05) is 28.4 Å². The molecule has 1 fully saturated rings. The van der Waals surface area contributed by atoms with Gasteiger partial charge in [0, 0.05) is 11.4 Å². The Hall–Kier alpha value is -0.600. The molecule has 2 rings (SSSR count). The number of sulfonamides is 1. The van der Waals surface area contributed by atoms with Crippen LogP contribution in [0.5, 0.6) is 0 Å². The molecule has 0 aromatic heterocycles. The SMILES string of the molecule is O=S(=O)(NCC1CCCC1Br)c1cccc(C(F)(F)F)c1. The zero-order chi connectivity index (χ0) is 15.7. The molecule has 1 aromatic rings. The van der Waals surface area contributed by atoms with Gasteiger partial charge in [-0.25, -0.2) is 13.1 Å². The van der Waals surface area contributed by atoms with Gasteiger partial charge in [-0.15, -0.1) is 0 Å². The second-order valence-corrected chi connectivity index (χ2v) is 8.03. The van der Waals surface area contributed by atoms with Crippen molar-refractivity contribution >= 4 is 26.0 Å². The molecule has 0 saturated heterocycles. The van der Waals surface area contributed by atoms with Crippen molar-refractivity contribution in [1.82, 2.24) is 4.72 Å². The molecule has 0 aliphatic heterocycles. The van der Waals surface area contributed by atoms with E-state index in [0.29, 0.717) is 6.07 Å². The van der Waals surface area contributed by atoms with Crippen molar-refractivity contribution in [3.8, 4) is 0 Å². The van der Waals surface area contributed by atoms with Crippen molar-refractivity contribution in [2.75, 3.05) is 6.54 Å². The molecule has 0 spiro atoms. The summed E-state index contributed by atoms with van der Waals surface area (Å²) in [6, 6.07) is 3.77. The normalized spacial score (nSPS) is 23.4. The van der Waals surface area contributed by atoms with E-state index in [-0.39, 0.29) is 22.2 Å². The third-order valence-electron chi connectivity index (χ3n) is 3.57. The molecule has 1 aliphatic carbocycles. The molecule has 21 heavy (non-hydrogen) atoms. The highest BCUT2D eigenvalue weighted by atomic mass is 79.9. The molecular formula is C13H15BrF3NO2S. The largest absolute Gasteiger partial charge is 0.416 e. The molecule has 2 atom stereocenters. The van der Waals surface area contributed by atoms with Crippen molar-refractivity contribution in [1.29, 1.82) is 0 Å². The van der Waals surface area contributed by atoms with Gasteiger partial charge in [-0.3, -0.25) is 0 Å². The van der Waals surface area contributed by atoms with Crippen molar-refractivity contribution in [3.05, 3.63) is 29.8 Å². The van der Waals surface area contributed by atoms with Crippen LogP contribution in [-0.2, 0) is 16.2 Å². The molecule has 1 N–H and O–H groups in total. The number of hydrogen-bond donors (Lipinski definition) is 1. The Morgan fingerprint density at radius 2 is 2.00 bits per heavy atom. The monoisotopic (exact) mass is 385 g/mol. The number of benzene rings is 1. The lowest BCUT2D eigenvalue weighted by Crippen LogP contribution is -2.31. The van der Waals surface area contributed by atoms with Gasteiger partial charge >= 0.3 is 6.18 Å². The Kier molecular flexibility index (Phi) is 4.99. The van der Waals surface area contributed by atoms with E-state index >= 15 is 0 Å². The van der Waals surface area contributed by atoms with Crippen LogP contribution in [0.3, 0.4) is 0 Å². The van der Waals surface area contributed by atoms with E-state index in [1.54, 1.807) is 0 Å². The van der Waals surface area contributed by atoms with Crippen LogP contribution in [0, 0.1) is 5.92 Å². The zero-order valence-corrected chi connectivity index (χ0v) is 13.4. The molecule has 1 aliphatic rings. The van der Waals surface area contributed by atoms with Crippen LogP contribution in [0.2, 0.25) is 0 Å². The fourth-order valence-electron chi connectivity index (χ4n) is 2.36. The molecule has 0 radical (unpaired) electrons. The number of rotatable bonds is 4. The maximum absolute atomic E-state index is 12.6. The van der Waals surface area contributed by atoms with Crippen LogP contribution in [0.4, 0.5) is 13.2 Å². The van der Waals surface area contributed by atoms with E-state index in [1.165, 1.54) is 0 Å². The van der Waals surface area contributed by atoms with E-state index in [4.69, 9.17) is 0 Å². The first-order valence-corrected chi connectivity index (χ1v) is 8.91. The van der Waals surface area contributed by atoms with Crippen LogP contribution in [-0.4, -0.2) is 19.8 Å². The topological polar surface area (TPSA) is 46.2 Å². The standard InChI is InChI=1S/C13H15BrF3NO2S/c14-12-6-1-3-9(12)8-18-21(19,20)11-5-2-4-10(7-11)13(15,16)17/h2,4-5,7,9,12,18H,1,3,6,8H2. The Morgan fingerprint density at radius 3 is 2.57 bits per heavy atom. The molecule has 0 amide bonds. The number of nitrogens with one attached hydrogen (secondary N) is 1. The highest BCUT2D eigenvalue weighted by Gasteiger charge is 2.32. The number of halogens is 4. The summed E-state index contributed by atoms with van der Waals surface area (Å²) in [6.07, 6.45) is -1.65. The van der Waals surface area contributed by atoms with Crippen molar-refractivity contribution in [2.24, 2.45) is 5.92 Å². The minimum atomic E-state index is -4.56. The summed E-state index contributed by atoms with van der Waals surface area (Å²) in [6.45, 7) is 0.231. The molecule has 1 aromatic carbocycles. The molecule has 0 heterocycles. The second-order valence-electron chi connectivity index (χ2n) is 5.08. The summed E-state index contributed by atoms with van der Waals surface area (Å²) < 4.78 is 64.4. The number of hydrogen-bond acceptors (Lipinski definition) is 2. The van der Waals surface area contributed by atoms with Crippen molar-refractivity contribution < 1.29 is 21.6 Å². The Bertz CT molecular complexity index is 604. The summed E-state index contributed by atoms with van der Waals surface area (Å²) in [5.74, 6) is 0.172. The lowest BCUT2D eigenvalue weighted by atomic mass is 10.1. The molecule has 2 unspecified atom stereocenters. The maximum atomic E-state index is 12.6. The molecule has 1 saturated carbocycles. The smallest absolute Gasteiger partial charge is 0.211 e. The van der Waals surface area contributed by atoms with Gasteiger partial charge in [0.25, 0.3) is 0 Å². The van der Waals surface area contributed by atoms with Gasteiger partial charge in [0.1, 0.15) is 0 Å². The fraction of sp³-hybridized carbons (Fsp3) is 0.538. The predicted octanol–water partition coefficient (Wildman–Crippen LogP) is 3.55. The fourth-order valence-corrected chi connectivity index (χ4v) is 4.28. The molecular weight excluding hydrogens is 371 g/mol. The lowest BCUT2D eigenvalue weighted by Gasteiger charge is -2.15. The highest BCUT2D eigenvalue weighted by molar-refractivity contribution is 9.09. The van der Waals surface area contributed by atoms with Crippen LogP contribution in [0.25, 0.3) is 0 Å².